The average Bonchev–Trinajstić information content (AvgIpc) is 2.54. The van der Waals surface area contributed by atoms with Crippen molar-refractivity contribution in [1.82, 2.24) is 20.2 Å². The Morgan fingerprint density at radius 1 is 1.20 bits per heavy atom. The molecule has 1 saturated heterocycles. The summed E-state index contributed by atoms with van der Waals surface area (Å²) in [6.07, 6.45) is 6.94. The first-order chi connectivity index (χ1) is 11.9. The van der Waals surface area contributed by atoms with Gasteiger partial charge in [-0.1, -0.05) is 0 Å². The zero-order valence-electron chi connectivity index (χ0n) is 14.4. The van der Waals surface area contributed by atoms with Crippen LogP contribution in [0.1, 0.15) is 32.1 Å². The number of rotatable bonds is 4. The number of nitrogens with zero attached hydrogens (tertiary/aromatic N) is 3. The molecule has 0 radical (unpaired) electrons. The summed E-state index contributed by atoms with van der Waals surface area (Å²) >= 11 is 0. The van der Waals surface area contributed by atoms with Crippen LogP contribution in [0.25, 0.3) is 0 Å². The molecule has 5 rings (SSSR count). The van der Waals surface area contributed by atoms with Crippen molar-refractivity contribution >= 4 is 23.5 Å². The normalized spacial score (nSPS) is 30.8. The number of hydrogen-bond donors (Lipinski definition) is 3. The SMILES string of the molecule is CN(C(=O)C12CC(C(=O)Nc3cnc(N)nc3)(C1)C2)C1CCNCC1. The van der Waals surface area contributed by atoms with Gasteiger partial charge >= 0.3 is 0 Å². The number of amides is 2. The molecule has 4 N–H and O–H groups in total. The van der Waals surface area contributed by atoms with Crippen LogP contribution in [0.4, 0.5) is 11.6 Å². The summed E-state index contributed by atoms with van der Waals surface area (Å²) in [7, 11) is 1.91. The maximum absolute atomic E-state index is 12.9. The van der Waals surface area contributed by atoms with Crippen molar-refractivity contribution in [1.29, 1.82) is 0 Å². The molecule has 2 bridgehead atoms. The Kier molecular flexibility index (Phi) is 3.68. The lowest BCUT2D eigenvalue weighted by Crippen LogP contribution is -2.72. The lowest BCUT2D eigenvalue weighted by molar-refractivity contribution is -0.213. The first-order valence-corrected chi connectivity index (χ1v) is 8.81. The van der Waals surface area contributed by atoms with Crippen LogP contribution >= 0.6 is 0 Å². The van der Waals surface area contributed by atoms with Gasteiger partial charge in [0.25, 0.3) is 0 Å². The maximum atomic E-state index is 12.9. The molecular weight excluding hydrogens is 320 g/mol. The molecule has 4 aliphatic rings. The largest absolute Gasteiger partial charge is 0.368 e. The summed E-state index contributed by atoms with van der Waals surface area (Å²) in [6, 6.07) is 0.319. The lowest BCUT2D eigenvalue weighted by Gasteiger charge is -2.68. The van der Waals surface area contributed by atoms with Crippen LogP contribution < -0.4 is 16.4 Å². The van der Waals surface area contributed by atoms with Crippen molar-refractivity contribution in [2.24, 2.45) is 10.8 Å². The molecule has 2 amide bonds. The molecule has 0 atom stereocenters. The Morgan fingerprint density at radius 3 is 2.40 bits per heavy atom. The van der Waals surface area contributed by atoms with Gasteiger partial charge in [0.15, 0.2) is 0 Å². The minimum atomic E-state index is -0.397. The van der Waals surface area contributed by atoms with Gasteiger partial charge < -0.3 is 21.3 Å². The number of carbonyl (C=O) groups is 2. The van der Waals surface area contributed by atoms with E-state index >= 15 is 0 Å². The molecule has 1 aromatic heterocycles. The Morgan fingerprint density at radius 2 is 1.80 bits per heavy atom. The molecule has 0 spiro atoms. The molecule has 3 saturated carbocycles. The highest BCUT2D eigenvalue weighted by molar-refractivity contribution is 6.02. The van der Waals surface area contributed by atoms with Gasteiger partial charge in [0, 0.05) is 13.1 Å². The fraction of sp³-hybridized carbons (Fsp3) is 0.647. The quantitative estimate of drug-likeness (QED) is 0.728. The standard InChI is InChI=1S/C17H24N6O2/c1-23(12-2-4-19-5-3-12)14(25)17-8-16(9-17,10-17)13(24)22-11-6-20-15(18)21-7-11/h6-7,12,19H,2-5,8-10H2,1H3,(H,22,24)(H2,18,20,21). The van der Waals surface area contributed by atoms with E-state index in [2.05, 4.69) is 20.6 Å². The third-order valence-corrected chi connectivity index (χ3v) is 6.07. The van der Waals surface area contributed by atoms with E-state index in [0.29, 0.717) is 31.0 Å². The minimum absolute atomic E-state index is 0.0416. The highest BCUT2D eigenvalue weighted by Gasteiger charge is 2.75. The van der Waals surface area contributed by atoms with Gasteiger partial charge in [0.2, 0.25) is 17.8 Å². The van der Waals surface area contributed by atoms with Gasteiger partial charge in [-0.3, -0.25) is 9.59 Å². The van der Waals surface area contributed by atoms with Crippen molar-refractivity contribution < 1.29 is 9.59 Å². The number of aromatic nitrogens is 2. The summed E-state index contributed by atoms with van der Waals surface area (Å²) in [4.78, 5) is 35.1. The second-order valence-electron chi connectivity index (χ2n) is 7.77. The first kappa shape index (κ1) is 16.3. The summed E-state index contributed by atoms with van der Waals surface area (Å²) in [5, 5.41) is 6.17. The van der Waals surface area contributed by atoms with Gasteiger partial charge in [-0.15, -0.1) is 0 Å². The number of hydrogen-bond acceptors (Lipinski definition) is 6. The van der Waals surface area contributed by atoms with Crippen LogP contribution in [0.15, 0.2) is 12.4 Å². The molecule has 0 aromatic carbocycles. The van der Waals surface area contributed by atoms with Crippen molar-refractivity contribution in [2.45, 2.75) is 38.1 Å². The topological polar surface area (TPSA) is 113 Å². The molecule has 2 heterocycles. The van der Waals surface area contributed by atoms with Crippen LogP contribution in [0.3, 0.4) is 0 Å². The number of anilines is 2. The zero-order valence-corrected chi connectivity index (χ0v) is 14.4. The predicted molar refractivity (Wildman–Crippen MR) is 92.5 cm³/mol. The average molecular weight is 344 g/mol. The number of nitrogen functional groups attached to an aromatic ring is 1. The molecule has 0 unspecified atom stereocenters. The number of nitrogens with two attached hydrogens (primary N) is 1. The Labute approximate surface area is 146 Å². The van der Waals surface area contributed by atoms with Crippen molar-refractivity contribution in [2.75, 3.05) is 31.2 Å². The highest BCUT2D eigenvalue weighted by Crippen LogP contribution is 2.74. The van der Waals surface area contributed by atoms with Crippen molar-refractivity contribution in [3.05, 3.63) is 12.4 Å². The van der Waals surface area contributed by atoms with Gasteiger partial charge in [-0.2, -0.15) is 0 Å². The smallest absolute Gasteiger partial charge is 0.230 e. The third-order valence-electron chi connectivity index (χ3n) is 6.07. The molecule has 8 nitrogen and oxygen atoms in total. The van der Waals surface area contributed by atoms with E-state index < -0.39 is 5.41 Å². The van der Waals surface area contributed by atoms with Crippen LogP contribution in [0.2, 0.25) is 0 Å². The lowest BCUT2D eigenvalue weighted by atomic mass is 9.34. The fourth-order valence-electron chi connectivity index (χ4n) is 4.66. The minimum Gasteiger partial charge on any atom is -0.368 e. The zero-order chi connectivity index (χ0) is 17.7. The summed E-state index contributed by atoms with van der Waals surface area (Å²) in [6.45, 7) is 1.93. The Hall–Kier alpha value is -2.22. The van der Waals surface area contributed by atoms with Gasteiger partial charge in [-0.25, -0.2) is 9.97 Å². The Balaban J connectivity index is 1.34. The molecule has 25 heavy (non-hydrogen) atoms. The Bertz CT molecular complexity index is 678. The van der Waals surface area contributed by atoms with E-state index in [-0.39, 0.29) is 23.2 Å². The van der Waals surface area contributed by atoms with Crippen LogP contribution in [-0.4, -0.2) is 52.9 Å². The summed E-state index contributed by atoms with van der Waals surface area (Å²) < 4.78 is 0. The molecule has 3 aliphatic carbocycles. The van der Waals surface area contributed by atoms with Crippen LogP contribution in [0, 0.1) is 10.8 Å². The molecular formula is C17H24N6O2. The van der Waals surface area contributed by atoms with Crippen molar-refractivity contribution in [3.63, 3.8) is 0 Å². The highest BCUT2D eigenvalue weighted by atomic mass is 16.2. The number of piperidine rings is 1. The molecule has 1 aliphatic heterocycles. The molecule has 134 valence electrons. The van der Waals surface area contributed by atoms with E-state index in [4.69, 9.17) is 5.73 Å². The van der Waals surface area contributed by atoms with E-state index in [1.165, 1.54) is 12.4 Å². The second kappa shape index (κ2) is 5.66. The van der Waals surface area contributed by atoms with Crippen molar-refractivity contribution in [3.8, 4) is 0 Å². The molecule has 1 aromatic rings. The third kappa shape index (κ3) is 2.55. The summed E-state index contributed by atoms with van der Waals surface area (Å²) in [5.74, 6) is 0.346. The molecule has 8 heteroatoms. The van der Waals surface area contributed by atoms with Crippen LogP contribution in [0.5, 0.6) is 0 Å². The van der Waals surface area contributed by atoms with Crippen LogP contribution in [-0.2, 0) is 9.59 Å². The number of nitrogens with one attached hydrogen (secondary N) is 2. The molecule has 4 fully saturated rings. The van der Waals surface area contributed by atoms with E-state index in [1.807, 2.05) is 11.9 Å². The predicted octanol–water partition coefficient (Wildman–Crippen LogP) is 0.378. The van der Waals surface area contributed by atoms with Gasteiger partial charge in [0.1, 0.15) is 0 Å². The van der Waals surface area contributed by atoms with Gasteiger partial charge in [0.05, 0.1) is 28.9 Å². The maximum Gasteiger partial charge on any atom is 0.230 e. The van der Waals surface area contributed by atoms with E-state index in [0.717, 1.165) is 25.9 Å². The van der Waals surface area contributed by atoms with E-state index in [1.54, 1.807) is 0 Å². The number of carbonyl (C=O) groups excluding carboxylic acids is 2. The summed E-state index contributed by atoms with van der Waals surface area (Å²) in [5.41, 5.74) is 5.28. The fourth-order valence-corrected chi connectivity index (χ4v) is 4.66. The monoisotopic (exact) mass is 344 g/mol. The van der Waals surface area contributed by atoms with E-state index in [9.17, 15) is 9.59 Å². The van der Waals surface area contributed by atoms with Gasteiger partial charge in [-0.05, 0) is 45.2 Å². The first-order valence-electron chi connectivity index (χ1n) is 8.81. The second-order valence-corrected chi connectivity index (χ2v) is 7.77.